The third-order valence-corrected chi connectivity index (χ3v) is 5.83. The summed E-state index contributed by atoms with van der Waals surface area (Å²) in [6.07, 6.45) is 0. The molecule has 0 atom stereocenters. The molecule has 6 nitrogen and oxygen atoms in total. The molecule has 0 aromatic rings. The van der Waals surface area contributed by atoms with Crippen LogP contribution >= 0.6 is 0 Å². The van der Waals surface area contributed by atoms with Gasteiger partial charge in [-0.25, -0.2) is 0 Å². The first-order valence-electron chi connectivity index (χ1n) is 4.83. The van der Waals surface area contributed by atoms with E-state index in [9.17, 15) is 0 Å². The Hall–Kier alpha value is 0.194. The summed E-state index contributed by atoms with van der Waals surface area (Å²) in [4.78, 5) is 0. The third-order valence-electron chi connectivity index (χ3n) is 1.94. The lowest BCUT2D eigenvalue weighted by Gasteiger charge is -2.22. The molecule has 0 bridgehead atoms. The smallest absolute Gasteiger partial charge is 0.379 e. The first kappa shape index (κ1) is 18.6. The maximum absolute atomic E-state index is 5.08. The van der Waals surface area contributed by atoms with E-state index in [0.717, 1.165) is 6.04 Å². The second-order valence-electron chi connectivity index (χ2n) is 2.64. The second kappa shape index (κ2) is 11.7. The van der Waals surface area contributed by atoms with Gasteiger partial charge in [-0.1, -0.05) is 6.92 Å². The second-order valence-corrected chi connectivity index (χ2v) is 7.93. The van der Waals surface area contributed by atoms with Crippen molar-refractivity contribution in [2.24, 2.45) is 0 Å². The van der Waals surface area contributed by atoms with E-state index in [1.807, 2.05) is 6.92 Å². The predicted octanol–water partition coefficient (Wildman–Crippen LogP) is 0.527. The van der Waals surface area contributed by atoms with Crippen LogP contribution in [0.5, 0.6) is 0 Å². The van der Waals surface area contributed by atoms with E-state index in [1.165, 1.54) is 0 Å². The standard InChI is InChI=1S/C5H14O3Si.C3H10O3Si/c1-5-9(6-2,7-3)8-4;1-4-7(5-2)6-3/h5H2,1-4H3;7H,1-3H3. The Balaban J connectivity index is 0. The minimum absolute atomic E-state index is 0.816. The van der Waals surface area contributed by atoms with Crippen LogP contribution in [0.25, 0.3) is 0 Å². The van der Waals surface area contributed by atoms with Crippen molar-refractivity contribution in [2.75, 3.05) is 42.7 Å². The van der Waals surface area contributed by atoms with E-state index in [0.29, 0.717) is 0 Å². The Morgan fingerprint density at radius 1 is 0.750 bits per heavy atom. The highest BCUT2D eigenvalue weighted by atomic mass is 28.4. The SMILES string of the molecule is CC[Si](OC)(OC)OC.CO[SiH](OC)OC. The zero-order valence-corrected chi connectivity index (χ0v) is 13.4. The average molecular weight is 272 g/mol. The molecule has 0 aliphatic carbocycles. The minimum atomic E-state index is -2.19. The van der Waals surface area contributed by atoms with E-state index >= 15 is 0 Å². The van der Waals surface area contributed by atoms with Gasteiger partial charge in [0.05, 0.1) is 0 Å². The molecule has 0 aliphatic rings. The fraction of sp³-hybridized carbons (Fsp3) is 1.00. The van der Waals surface area contributed by atoms with Gasteiger partial charge in [0.2, 0.25) is 0 Å². The Kier molecular flexibility index (Phi) is 13.5. The molecule has 0 aromatic heterocycles. The molecule has 0 saturated carbocycles. The summed E-state index contributed by atoms with van der Waals surface area (Å²) in [5.74, 6) is 0. The Morgan fingerprint density at radius 3 is 1.06 bits per heavy atom. The minimum Gasteiger partial charge on any atom is -0.379 e. The van der Waals surface area contributed by atoms with Crippen molar-refractivity contribution in [1.29, 1.82) is 0 Å². The van der Waals surface area contributed by atoms with Crippen molar-refractivity contribution in [2.45, 2.75) is 13.0 Å². The molecule has 0 fully saturated rings. The molecule has 0 aliphatic heterocycles. The van der Waals surface area contributed by atoms with Gasteiger partial charge in [0, 0.05) is 48.7 Å². The maximum Gasteiger partial charge on any atom is 0.499 e. The van der Waals surface area contributed by atoms with Gasteiger partial charge in [-0.2, -0.15) is 0 Å². The number of rotatable bonds is 7. The highest BCUT2D eigenvalue weighted by Crippen LogP contribution is 2.10. The largest absolute Gasteiger partial charge is 0.499 e. The van der Waals surface area contributed by atoms with Gasteiger partial charge in [-0.05, 0) is 0 Å². The van der Waals surface area contributed by atoms with Crippen LogP contribution in [-0.2, 0) is 26.6 Å². The van der Waals surface area contributed by atoms with E-state index in [1.54, 1.807) is 42.7 Å². The van der Waals surface area contributed by atoms with Gasteiger partial charge < -0.3 is 26.6 Å². The van der Waals surface area contributed by atoms with E-state index in [2.05, 4.69) is 0 Å². The van der Waals surface area contributed by atoms with Gasteiger partial charge in [-0.3, -0.25) is 0 Å². The zero-order valence-electron chi connectivity index (χ0n) is 11.2. The van der Waals surface area contributed by atoms with Crippen molar-refractivity contribution in [3.63, 3.8) is 0 Å². The van der Waals surface area contributed by atoms with Gasteiger partial charge in [-0.15, -0.1) is 0 Å². The molecule has 0 spiro atoms. The van der Waals surface area contributed by atoms with Crippen molar-refractivity contribution < 1.29 is 26.6 Å². The zero-order chi connectivity index (χ0) is 13.0. The summed E-state index contributed by atoms with van der Waals surface area (Å²) in [5.41, 5.74) is 0. The average Bonchev–Trinajstić information content (AvgIpc) is 2.36. The lowest BCUT2D eigenvalue weighted by atomic mass is 11.0. The first-order chi connectivity index (χ1) is 7.59. The molecule has 0 unspecified atom stereocenters. The summed E-state index contributed by atoms with van der Waals surface area (Å²) in [7, 11) is 5.70. The molecule has 0 rings (SSSR count). The molecular formula is C8H24O6Si2. The van der Waals surface area contributed by atoms with Crippen LogP contribution in [0.3, 0.4) is 0 Å². The van der Waals surface area contributed by atoms with Gasteiger partial charge in [0.1, 0.15) is 0 Å². The maximum atomic E-state index is 5.08. The summed E-state index contributed by atoms with van der Waals surface area (Å²) in [6, 6.07) is 0.816. The fourth-order valence-corrected chi connectivity index (χ4v) is 2.92. The lowest BCUT2D eigenvalue weighted by molar-refractivity contribution is 0.125. The molecule has 0 radical (unpaired) electrons. The van der Waals surface area contributed by atoms with Crippen LogP contribution < -0.4 is 0 Å². The Bertz CT molecular complexity index is 117. The van der Waals surface area contributed by atoms with Crippen molar-refractivity contribution in [3.8, 4) is 0 Å². The molecule has 0 aromatic carbocycles. The van der Waals surface area contributed by atoms with E-state index < -0.39 is 18.3 Å². The summed E-state index contributed by atoms with van der Waals surface area (Å²) >= 11 is 0. The van der Waals surface area contributed by atoms with Crippen molar-refractivity contribution in [1.82, 2.24) is 0 Å². The van der Waals surface area contributed by atoms with Crippen LogP contribution in [-0.4, -0.2) is 61.0 Å². The fourth-order valence-electron chi connectivity index (χ4n) is 0.972. The van der Waals surface area contributed by atoms with Crippen LogP contribution in [0.4, 0.5) is 0 Å². The summed E-state index contributed by atoms with van der Waals surface area (Å²) in [6.45, 7) is 1.99. The molecule has 100 valence electrons. The molecule has 8 heteroatoms. The molecular weight excluding hydrogens is 248 g/mol. The predicted molar refractivity (Wildman–Crippen MR) is 65.4 cm³/mol. The van der Waals surface area contributed by atoms with Crippen LogP contribution in [0.1, 0.15) is 6.92 Å². The van der Waals surface area contributed by atoms with Crippen LogP contribution in [0, 0.1) is 0 Å². The van der Waals surface area contributed by atoms with Crippen molar-refractivity contribution in [3.05, 3.63) is 0 Å². The Morgan fingerprint density at radius 2 is 1.06 bits per heavy atom. The summed E-state index contributed by atoms with van der Waals surface area (Å²) < 4.78 is 29.5. The quantitative estimate of drug-likeness (QED) is 0.630. The third kappa shape index (κ3) is 7.46. The lowest BCUT2D eigenvalue weighted by Crippen LogP contribution is -2.41. The van der Waals surface area contributed by atoms with Gasteiger partial charge >= 0.3 is 18.3 Å². The molecule has 16 heavy (non-hydrogen) atoms. The van der Waals surface area contributed by atoms with E-state index in [-0.39, 0.29) is 0 Å². The number of hydrogen-bond acceptors (Lipinski definition) is 6. The van der Waals surface area contributed by atoms with Gasteiger partial charge in [0.25, 0.3) is 0 Å². The molecule has 0 heterocycles. The topological polar surface area (TPSA) is 55.4 Å². The molecule has 0 saturated heterocycles. The normalized spacial score (nSPS) is 11.2. The first-order valence-corrected chi connectivity index (χ1v) is 8.18. The highest BCUT2D eigenvalue weighted by molar-refractivity contribution is 6.60. The monoisotopic (exact) mass is 272 g/mol. The number of hydrogen-bond donors (Lipinski definition) is 0. The Labute approximate surface area is 101 Å². The van der Waals surface area contributed by atoms with Crippen LogP contribution in [0.2, 0.25) is 6.04 Å². The van der Waals surface area contributed by atoms with Crippen LogP contribution in [0.15, 0.2) is 0 Å². The highest BCUT2D eigenvalue weighted by Gasteiger charge is 2.34. The van der Waals surface area contributed by atoms with Crippen molar-refractivity contribution >= 4 is 18.3 Å². The van der Waals surface area contributed by atoms with E-state index in [4.69, 9.17) is 26.6 Å². The molecule has 0 N–H and O–H groups in total. The van der Waals surface area contributed by atoms with Gasteiger partial charge in [0.15, 0.2) is 0 Å². The molecule has 0 amide bonds. The summed E-state index contributed by atoms with van der Waals surface area (Å²) in [5, 5.41) is 0.